The molecule has 0 spiro atoms. The van der Waals surface area contributed by atoms with E-state index in [0.29, 0.717) is 23.4 Å². The molecule has 0 unspecified atom stereocenters. The van der Waals surface area contributed by atoms with E-state index >= 15 is 0 Å². The molecule has 0 atom stereocenters. The summed E-state index contributed by atoms with van der Waals surface area (Å²) in [6.07, 6.45) is 3.53. The Labute approximate surface area is 193 Å². The molecule has 0 aliphatic carbocycles. The van der Waals surface area contributed by atoms with Crippen molar-refractivity contribution < 1.29 is 13.2 Å². The van der Waals surface area contributed by atoms with Gasteiger partial charge < -0.3 is 5.32 Å². The van der Waals surface area contributed by atoms with Gasteiger partial charge in [0.05, 0.1) is 10.6 Å². The molecule has 8 heteroatoms. The fraction of sp³-hybridized carbons (Fsp3) is 0.120. The Morgan fingerprint density at radius 3 is 2.58 bits per heavy atom. The van der Waals surface area contributed by atoms with Crippen LogP contribution in [0.5, 0.6) is 0 Å². The molecule has 4 rings (SSSR count). The molecule has 0 saturated carbocycles. The lowest BCUT2D eigenvalue weighted by atomic mass is 10.1. The highest BCUT2D eigenvalue weighted by Gasteiger charge is 2.18. The molecular formula is C25H24N4O3S. The quantitative estimate of drug-likeness (QED) is 0.432. The van der Waals surface area contributed by atoms with Crippen molar-refractivity contribution in [3.05, 3.63) is 107 Å². The summed E-state index contributed by atoms with van der Waals surface area (Å²) >= 11 is 0. The number of aryl methyl sites for hydroxylation is 2. The number of aromatic nitrogens is 2. The third kappa shape index (κ3) is 5.12. The zero-order valence-electron chi connectivity index (χ0n) is 18.3. The molecule has 7 nitrogen and oxygen atoms in total. The summed E-state index contributed by atoms with van der Waals surface area (Å²) in [4.78, 5) is 13.0. The van der Waals surface area contributed by atoms with E-state index in [4.69, 9.17) is 0 Å². The average Bonchev–Trinajstić information content (AvgIpc) is 3.34. The van der Waals surface area contributed by atoms with Crippen LogP contribution in [-0.2, 0) is 16.6 Å². The van der Waals surface area contributed by atoms with Gasteiger partial charge in [-0.1, -0.05) is 36.4 Å². The second kappa shape index (κ2) is 9.30. The Balaban J connectivity index is 1.49. The molecule has 0 saturated heterocycles. The number of carbonyl (C=O) groups excluding carboxylic acids is 1. The van der Waals surface area contributed by atoms with Crippen molar-refractivity contribution in [1.82, 2.24) is 15.1 Å². The van der Waals surface area contributed by atoms with Gasteiger partial charge in [-0.15, -0.1) is 0 Å². The first-order valence-electron chi connectivity index (χ1n) is 10.4. The Bertz CT molecular complexity index is 1400. The second-order valence-corrected chi connectivity index (χ2v) is 9.37. The van der Waals surface area contributed by atoms with Crippen LogP contribution in [0.1, 0.15) is 27.0 Å². The van der Waals surface area contributed by atoms with Crippen LogP contribution in [0.3, 0.4) is 0 Å². The van der Waals surface area contributed by atoms with Crippen molar-refractivity contribution >= 4 is 21.6 Å². The number of hydrogen-bond donors (Lipinski definition) is 2. The average molecular weight is 461 g/mol. The van der Waals surface area contributed by atoms with E-state index in [1.807, 2.05) is 49.5 Å². The Morgan fingerprint density at radius 2 is 1.79 bits per heavy atom. The molecule has 1 amide bonds. The first-order chi connectivity index (χ1) is 15.8. The predicted molar refractivity (Wildman–Crippen MR) is 128 cm³/mol. The van der Waals surface area contributed by atoms with Crippen LogP contribution in [0.4, 0.5) is 5.69 Å². The van der Waals surface area contributed by atoms with Crippen LogP contribution in [0.15, 0.2) is 90.1 Å². The van der Waals surface area contributed by atoms with E-state index in [0.717, 1.165) is 16.8 Å². The van der Waals surface area contributed by atoms with Gasteiger partial charge in [-0.3, -0.25) is 9.52 Å². The molecule has 1 heterocycles. The maximum absolute atomic E-state index is 12.9. The molecule has 33 heavy (non-hydrogen) atoms. The van der Waals surface area contributed by atoms with Gasteiger partial charge in [-0.05, 0) is 66.9 Å². The lowest BCUT2D eigenvalue weighted by Gasteiger charge is -2.13. The monoisotopic (exact) mass is 460 g/mol. The standard InChI is InChI=1S/C25H24N4O3S/c1-18-11-12-19(2)24(15-18)33(31,32)28-22-9-5-8-20(16-22)25(30)26-17-21-7-3-4-10-23(21)29-14-6-13-27-29/h3-16,28H,17H2,1-2H3,(H,26,30). The molecule has 4 aromatic rings. The van der Waals surface area contributed by atoms with E-state index < -0.39 is 10.0 Å². The highest BCUT2D eigenvalue weighted by molar-refractivity contribution is 7.92. The topological polar surface area (TPSA) is 93.1 Å². The Kier molecular flexibility index (Phi) is 6.28. The Morgan fingerprint density at radius 1 is 0.970 bits per heavy atom. The number of nitrogens with zero attached hydrogens (tertiary/aromatic N) is 2. The van der Waals surface area contributed by atoms with Crippen LogP contribution in [-0.4, -0.2) is 24.1 Å². The number of benzene rings is 3. The molecule has 0 fully saturated rings. The first-order valence-corrected chi connectivity index (χ1v) is 11.9. The van der Waals surface area contributed by atoms with Crippen molar-refractivity contribution in [2.75, 3.05) is 4.72 Å². The van der Waals surface area contributed by atoms with E-state index in [1.54, 1.807) is 48.1 Å². The molecule has 3 aromatic carbocycles. The third-order valence-electron chi connectivity index (χ3n) is 5.19. The van der Waals surface area contributed by atoms with Crippen LogP contribution in [0, 0.1) is 13.8 Å². The third-order valence-corrected chi connectivity index (χ3v) is 6.72. The van der Waals surface area contributed by atoms with Crippen molar-refractivity contribution in [2.45, 2.75) is 25.3 Å². The van der Waals surface area contributed by atoms with Crippen molar-refractivity contribution in [3.8, 4) is 5.69 Å². The summed E-state index contributed by atoms with van der Waals surface area (Å²) in [5.74, 6) is -0.307. The molecule has 0 bridgehead atoms. The fourth-order valence-electron chi connectivity index (χ4n) is 3.50. The van der Waals surface area contributed by atoms with Crippen LogP contribution >= 0.6 is 0 Å². The largest absolute Gasteiger partial charge is 0.348 e. The predicted octanol–water partition coefficient (Wildman–Crippen LogP) is 4.22. The molecule has 168 valence electrons. The number of hydrogen-bond acceptors (Lipinski definition) is 4. The molecular weight excluding hydrogens is 436 g/mol. The zero-order valence-corrected chi connectivity index (χ0v) is 19.1. The van der Waals surface area contributed by atoms with Gasteiger partial charge in [-0.2, -0.15) is 5.10 Å². The molecule has 2 N–H and O–H groups in total. The number of carbonyl (C=O) groups is 1. The highest BCUT2D eigenvalue weighted by atomic mass is 32.2. The SMILES string of the molecule is Cc1ccc(C)c(S(=O)(=O)Nc2cccc(C(=O)NCc3ccccc3-n3cccn3)c2)c1. The van der Waals surface area contributed by atoms with E-state index in [-0.39, 0.29) is 10.8 Å². The smallest absolute Gasteiger partial charge is 0.262 e. The first kappa shape index (κ1) is 22.3. The maximum Gasteiger partial charge on any atom is 0.262 e. The van der Waals surface area contributed by atoms with Crippen LogP contribution < -0.4 is 10.0 Å². The Hall–Kier alpha value is -3.91. The highest BCUT2D eigenvalue weighted by Crippen LogP contribution is 2.21. The summed E-state index contributed by atoms with van der Waals surface area (Å²) in [7, 11) is -3.79. The van der Waals surface area contributed by atoms with Gasteiger partial charge in [0.1, 0.15) is 0 Å². The lowest BCUT2D eigenvalue weighted by molar-refractivity contribution is 0.0951. The number of para-hydroxylation sites is 1. The summed E-state index contributed by atoms with van der Waals surface area (Å²) in [6.45, 7) is 3.89. The van der Waals surface area contributed by atoms with Gasteiger partial charge >= 0.3 is 0 Å². The number of nitrogens with one attached hydrogen (secondary N) is 2. The summed E-state index contributed by atoms with van der Waals surface area (Å²) in [6, 6.07) is 21.2. The fourth-order valence-corrected chi connectivity index (χ4v) is 4.88. The molecule has 0 radical (unpaired) electrons. The summed E-state index contributed by atoms with van der Waals surface area (Å²) in [5, 5.41) is 7.15. The van der Waals surface area contributed by atoms with E-state index in [2.05, 4.69) is 15.1 Å². The van der Waals surface area contributed by atoms with Crippen molar-refractivity contribution in [3.63, 3.8) is 0 Å². The van der Waals surface area contributed by atoms with E-state index in [1.165, 1.54) is 6.07 Å². The number of amides is 1. The van der Waals surface area contributed by atoms with Crippen molar-refractivity contribution in [2.24, 2.45) is 0 Å². The minimum atomic E-state index is -3.79. The number of rotatable bonds is 7. The van der Waals surface area contributed by atoms with Gasteiger partial charge in [0, 0.05) is 30.2 Å². The molecule has 1 aromatic heterocycles. The normalized spacial score (nSPS) is 11.2. The molecule has 0 aliphatic heterocycles. The minimum absolute atomic E-state index is 0.215. The van der Waals surface area contributed by atoms with Gasteiger partial charge in [-0.25, -0.2) is 13.1 Å². The number of anilines is 1. The zero-order chi connectivity index (χ0) is 23.4. The van der Waals surface area contributed by atoms with Gasteiger partial charge in [0.25, 0.3) is 15.9 Å². The maximum atomic E-state index is 12.9. The van der Waals surface area contributed by atoms with Crippen molar-refractivity contribution in [1.29, 1.82) is 0 Å². The van der Waals surface area contributed by atoms with Gasteiger partial charge in [0.15, 0.2) is 0 Å². The van der Waals surface area contributed by atoms with Crippen LogP contribution in [0.2, 0.25) is 0 Å². The minimum Gasteiger partial charge on any atom is -0.348 e. The van der Waals surface area contributed by atoms with Crippen LogP contribution in [0.25, 0.3) is 5.69 Å². The summed E-state index contributed by atoms with van der Waals surface area (Å²) in [5.41, 5.74) is 3.95. The second-order valence-electron chi connectivity index (χ2n) is 7.72. The lowest BCUT2D eigenvalue weighted by Crippen LogP contribution is -2.24. The summed E-state index contributed by atoms with van der Waals surface area (Å²) < 4.78 is 30.1. The van der Waals surface area contributed by atoms with E-state index in [9.17, 15) is 13.2 Å². The number of sulfonamides is 1. The van der Waals surface area contributed by atoms with Gasteiger partial charge in [0.2, 0.25) is 0 Å². The molecule has 0 aliphatic rings.